The van der Waals surface area contributed by atoms with Gasteiger partial charge in [0.05, 0.1) is 23.9 Å². The summed E-state index contributed by atoms with van der Waals surface area (Å²) in [6.07, 6.45) is 0. The van der Waals surface area contributed by atoms with Gasteiger partial charge in [0.1, 0.15) is 12.4 Å². The first kappa shape index (κ1) is 21.0. The summed E-state index contributed by atoms with van der Waals surface area (Å²) in [6.45, 7) is 3.91. The molecule has 0 amide bonds. The highest BCUT2D eigenvalue weighted by molar-refractivity contribution is 7.80. The predicted octanol–water partition coefficient (Wildman–Crippen LogP) is 4.03. The van der Waals surface area contributed by atoms with Gasteiger partial charge in [0.15, 0.2) is 5.11 Å². The number of nitrogens with zero attached hydrogens (tertiary/aromatic N) is 1. The Hall–Kier alpha value is -2.77. The lowest BCUT2D eigenvalue weighted by atomic mass is 9.95. The Bertz CT molecular complexity index is 946. The fourth-order valence-corrected chi connectivity index (χ4v) is 3.59. The van der Waals surface area contributed by atoms with Crippen molar-refractivity contribution in [3.05, 3.63) is 76.7 Å². The Morgan fingerprint density at radius 1 is 1.17 bits per heavy atom. The number of hydrogen-bond donors (Lipinski definition) is 1. The quantitative estimate of drug-likeness (QED) is 0.438. The largest absolute Gasteiger partial charge is 0.460 e. The molecule has 0 fully saturated rings. The van der Waals surface area contributed by atoms with Crippen LogP contribution < -0.4 is 10.2 Å². The van der Waals surface area contributed by atoms with Crippen LogP contribution in [0.2, 0.25) is 0 Å². The summed E-state index contributed by atoms with van der Waals surface area (Å²) in [5.74, 6) is -0.812. The molecule has 0 spiro atoms. The van der Waals surface area contributed by atoms with Crippen molar-refractivity contribution in [3.63, 3.8) is 0 Å². The summed E-state index contributed by atoms with van der Waals surface area (Å²) < 4.78 is 24.5. The second kappa shape index (κ2) is 9.15. The van der Waals surface area contributed by atoms with E-state index in [1.807, 2.05) is 30.3 Å². The molecule has 0 aromatic heterocycles. The van der Waals surface area contributed by atoms with E-state index in [0.717, 1.165) is 5.56 Å². The molecule has 1 atom stereocenters. The Morgan fingerprint density at radius 3 is 2.55 bits per heavy atom. The molecule has 5 nitrogen and oxygen atoms in total. The number of thiocarbonyl (C=S) groups is 1. The van der Waals surface area contributed by atoms with Gasteiger partial charge < -0.3 is 14.8 Å². The molecular weight excluding hydrogens is 391 g/mol. The van der Waals surface area contributed by atoms with Crippen molar-refractivity contribution in [2.24, 2.45) is 0 Å². The van der Waals surface area contributed by atoms with Gasteiger partial charge in [-0.2, -0.15) is 0 Å². The number of halogens is 1. The summed E-state index contributed by atoms with van der Waals surface area (Å²) in [6, 6.07) is 13.9. The fraction of sp³-hybridized carbons (Fsp3) is 0.273. The highest BCUT2D eigenvalue weighted by Crippen LogP contribution is 2.34. The van der Waals surface area contributed by atoms with Crippen molar-refractivity contribution in [1.82, 2.24) is 5.32 Å². The minimum absolute atomic E-state index is 0.136. The van der Waals surface area contributed by atoms with E-state index in [9.17, 15) is 9.18 Å². The van der Waals surface area contributed by atoms with E-state index in [0.29, 0.717) is 34.2 Å². The smallest absolute Gasteiger partial charge is 0.338 e. The average molecular weight is 415 g/mol. The number of allylic oxidation sites excluding steroid dienone is 1. The van der Waals surface area contributed by atoms with Crippen LogP contribution in [0.15, 0.2) is 59.8 Å². The van der Waals surface area contributed by atoms with Crippen molar-refractivity contribution in [2.75, 3.05) is 25.2 Å². The Kier molecular flexibility index (Phi) is 6.61. The number of aryl methyl sites for hydroxylation is 1. The van der Waals surface area contributed by atoms with Gasteiger partial charge in [-0.25, -0.2) is 9.18 Å². The third-order valence-corrected chi connectivity index (χ3v) is 5.07. The maximum Gasteiger partial charge on any atom is 0.338 e. The zero-order chi connectivity index (χ0) is 21.0. The fourth-order valence-electron chi connectivity index (χ4n) is 3.23. The van der Waals surface area contributed by atoms with Crippen molar-refractivity contribution >= 4 is 29.0 Å². The molecular formula is C22H23FN2O3S. The third kappa shape index (κ3) is 4.46. The van der Waals surface area contributed by atoms with Crippen molar-refractivity contribution in [3.8, 4) is 0 Å². The summed E-state index contributed by atoms with van der Waals surface area (Å²) in [4.78, 5) is 14.6. The van der Waals surface area contributed by atoms with Crippen LogP contribution in [0, 0.1) is 12.7 Å². The molecule has 0 aliphatic carbocycles. The van der Waals surface area contributed by atoms with Gasteiger partial charge in [0.2, 0.25) is 0 Å². The van der Waals surface area contributed by atoms with Crippen molar-refractivity contribution in [1.29, 1.82) is 0 Å². The molecule has 1 aliphatic rings. The number of nitrogens with one attached hydrogen (secondary N) is 1. The first-order valence-corrected chi connectivity index (χ1v) is 9.63. The van der Waals surface area contributed by atoms with E-state index < -0.39 is 12.0 Å². The Labute approximate surface area is 175 Å². The van der Waals surface area contributed by atoms with Crippen molar-refractivity contribution < 1.29 is 18.7 Å². The Balaban J connectivity index is 2.07. The summed E-state index contributed by atoms with van der Waals surface area (Å²) in [7, 11) is 1.54. The number of benzene rings is 2. The van der Waals surface area contributed by atoms with Gasteiger partial charge in [0.25, 0.3) is 0 Å². The first-order valence-electron chi connectivity index (χ1n) is 9.22. The van der Waals surface area contributed by atoms with E-state index >= 15 is 0 Å². The van der Waals surface area contributed by atoms with Crippen LogP contribution in [0.25, 0.3) is 0 Å². The highest BCUT2D eigenvalue weighted by atomic mass is 32.1. The first-order chi connectivity index (χ1) is 13.9. The van der Waals surface area contributed by atoms with Gasteiger partial charge in [0, 0.05) is 12.8 Å². The van der Waals surface area contributed by atoms with E-state index in [4.69, 9.17) is 21.7 Å². The SMILES string of the molecule is COCCOC(=O)C1=C(C)N(c2ccc(C)c(F)c2)C(=S)N[C@H]1c1ccccc1. The normalized spacial score (nSPS) is 16.6. The monoisotopic (exact) mass is 414 g/mol. The second-order valence-corrected chi connectivity index (χ2v) is 7.08. The number of ether oxygens (including phenoxy) is 2. The average Bonchev–Trinajstić information content (AvgIpc) is 2.71. The standard InChI is InChI=1S/C22H23FN2O3S/c1-14-9-10-17(13-18(14)23)25-15(2)19(21(26)28-12-11-27-3)20(24-22(25)29)16-7-5-4-6-8-16/h4-10,13,20H,11-12H2,1-3H3,(H,24,29)/t20-/m0/s1. The molecule has 0 saturated heterocycles. The van der Waals surface area contributed by atoms with E-state index in [1.165, 1.54) is 6.07 Å². The van der Waals surface area contributed by atoms with Gasteiger partial charge in [-0.05, 0) is 49.3 Å². The molecule has 7 heteroatoms. The van der Waals surface area contributed by atoms with E-state index in [1.54, 1.807) is 38.0 Å². The molecule has 2 aromatic rings. The number of hydrogen-bond acceptors (Lipinski definition) is 4. The minimum Gasteiger partial charge on any atom is -0.460 e. The number of rotatable bonds is 6. The number of esters is 1. The molecule has 0 unspecified atom stereocenters. The lowest BCUT2D eigenvalue weighted by Gasteiger charge is -2.37. The Morgan fingerprint density at radius 2 is 1.90 bits per heavy atom. The molecule has 3 rings (SSSR count). The molecule has 152 valence electrons. The maximum absolute atomic E-state index is 14.2. The van der Waals surface area contributed by atoms with Crippen LogP contribution in [-0.2, 0) is 14.3 Å². The van der Waals surface area contributed by atoms with Crippen LogP contribution in [0.5, 0.6) is 0 Å². The summed E-state index contributed by atoms with van der Waals surface area (Å²) >= 11 is 5.57. The van der Waals surface area contributed by atoms with Gasteiger partial charge in [-0.1, -0.05) is 36.4 Å². The number of anilines is 1. The highest BCUT2D eigenvalue weighted by Gasteiger charge is 2.35. The summed E-state index contributed by atoms with van der Waals surface area (Å²) in [5, 5.41) is 3.59. The lowest BCUT2D eigenvalue weighted by molar-refractivity contribution is -0.140. The van der Waals surface area contributed by atoms with Crippen LogP contribution in [0.4, 0.5) is 10.1 Å². The van der Waals surface area contributed by atoms with Crippen molar-refractivity contribution in [2.45, 2.75) is 19.9 Å². The lowest BCUT2D eigenvalue weighted by Crippen LogP contribution is -2.48. The van der Waals surface area contributed by atoms with Crippen LogP contribution in [0.1, 0.15) is 24.1 Å². The predicted molar refractivity (Wildman–Crippen MR) is 114 cm³/mol. The third-order valence-electron chi connectivity index (χ3n) is 4.77. The molecule has 29 heavy (non-hydrogen) atoms. The van der Waals surface area contributed by atoms with Crippen LogP contribution in [0.3, 0.4) is 0 Å². The number of carbonyl (C=O) groups is 1. The summed E-state index contributed by atoms with van der Waals surface area (Å²) in [5.41, 5.74) is 2.96. The van der Waals surface area contributed by atoms with Gasteiger partial charge in [-0.3, -0.25) is 4.90 Å². The van der Waals surface area contributed by atoms with E-state index in [2.05, 4.69) is 5.32 Å². The minimum atomic E-state index is -0.471. The number of carbonyl (C=O) groups excluding carboxylic acids is 1. The molecule has 1 aliphatic heterocycles. The number of methoxy groups -OCH3 is 1. The molecule has 2 aromatic carbocycles. The molecule has 0 saturated carbocycles. The zero-order valence-corrected chi connectivity index (χ0v) is 17.4. The maximum atomic E-state index is 14.2. The molecule has 1 heterocycles. The molecule has 1 N–H and O–H groups in total. The molecule has 0 bridgehead atoms. The zero-order valence-electron chi connectivity index (χ0n) is 16.6. The van der Waals surface area contributed by atoms with E-state index in [-0.39, 0.29) is 12.4 Å². The molecule has 0 radical (unpaired) electrons. The topological polar surface area (TPSA) is 50.8 Å². The van der Waals surface area contributed by atoms with Crippen LogP contribution >= 0.6 is 12.2 Å². The second-order valence-electron chi connectivity index (χ2n) is 6.69. The van der Waals surface area contributed by atoms with Gasteiger partial charge >= 0.3 is 5.97 Å². The van der Waals surface area contributed by atoms with Crippen LogP contribution in [-0.4, -0.2) is 31.4 Å². The van der Waals surface area contributed by atoms with Gasteiger partial charge in [-0.15, -0.1) is 0 Å².